The Morgan fingerprint density at radius 2 is 1.69 bits per heavy atom. The van der Waals surface area contributed by atoms with Crippen molar-refractivity contribution >= 4 is 12.0 Å². The smallest absolute Gasteiger partial charge is 0.337 e. The van der Waals surface area contributed by atoms with Crippen molar-refractivity contribution < 1.29 is 9.53 Å². The number of esters is 1. The number of allylic oxidation sites excluding steroid dienone is 1. The molecular formula is C27H24O2. The molecule has 2 nitrogen and oxygen atoms in total. The molecule has 3 rings (SSSR count). The van der Waals surface area contributed by atoms with E-state index in [0.29, 0.717) is 5.56 Å². The second-order valence-corrected chi connectivity index (χ2v) is 6.71. The van der Waals surface area contributed by atoms with E-state index in [0.717, 1.165) is 24.0 Å². The van der Waals surface area contributed by atoms with Crippen molar-refractivity contribution in [3.63, 3.8) is 0 Å². The molecule has 144 valence electrons. The largest absolute Gasteiger partial charge is 0.465 e. The van der Waals surface area contributed by atoms with E-state index >= 15 is 0 Å². The van der Waals surface area contributed by atoms with Crippen LogP contribution >= 0.6 is 0 Å². The van der Waals surface area contributed by atoms with Gasteiger partial charge in [0.1, 0.15) is 0 Å². The third kappa shape index (κ3) is 5.46. The van der Waals surface area contributed by atoms with Gasteiger partial charge >= 0.3 is 5.97 Å². The molecule has 0 atom stereocenters. The van der Waals surface area contributed by atoms with Gasteiger partial charge in [-0.25, -0.2) is 4.79 Å². The highest BCUT2D eigenvalue weighted by molar-refractivity contribution is 5.89. The number of ether oxygens (including phenoxy) is 1. The first-order chi connectivity index (χ1) is 14.2. The Hall–Kier alpha value is -3.57. The third-order valence-corrected chi connectivity index (χ3v) is 4.63. The fraction of sp³-hybridized carbons (Fsp3) is 0.148. The van der Waals surface area contributed by atoms with Crippen LogP contribution in [-0.4, -0.2) is 13.1 Å². The Bertz CT molecular complexity index is 1050. The first-order valence-corrected chi connectivity index (χ1v) is 9.76. The van der Waals surface area contributed by atoms with E-state index in [9.17, 15) is 4.79 Å². The molecule has 0 fully saturated rings. The quantitative estimate of drug-likeness (QED) is 0.391. The first-order valence-electron chi connectivity index (χ1n) is 9.76. The van der Waals surface area contributed by atoms with E-state index in [4.69, 9.17) is 4.74 Å². The van der Waals surface area contributed by atoms with Crippen molar-refractivity contribution in [2.75, 3.05) is 7.11 Å². The Morgan fingerprint density at radius 1 is 0.966 bits per heavy atom. The molecule has 2 heteroatoms. The molecule has 0 spiro atoms. The van der Waals surface area contributed by atoms with Gasteiger partial charge < -0.3 is 4.74 Å². The molecule has 3 aromatic carbocycles. The average molecular weight is 380 g/mol. The van der Waals surface area contributed by atoms with E-state index in [-0.39, 0.29) is 5.97 Å². The molecule has 0 aromatic heterocycles. The van der Waals surface area contributed by atoms with E-state index in [1.165, 1.54) is 23.8 Å². The molecule has 0 bridgehead atoms. The van der Waals surface area contributed by atoms with Crippen molar-refractivity contribution in [1.29, 1.82) is 0 Å². The molecule has 0 N–H and O–H groups in total. The number of hydrogen-bond acceptors (Lipinski definition) is 2. The van der Waals surface area contributed by atoms with Crippen molar-refractivity contribution in [2.24, 2.45) is 0 Å². The van der Waals surface area contributed by atoms with Gasteiger partial charge in [-0.05, 0) is 65.1 Å². The van der Waals surface area contributed by atoms with Crippen LogP contribution in [0.15, 0.2) is 78.9 Å². The summed E-state index contributed by atoms with van der Waals surface area (Å²) < 4.78 is 4.70. The number of methoxy groups -OCH3 is 1. The summed E-state index contributed by atoms with van der Waals surface area (Å²) in [5, 5.41) is 0. The predicted molar refractivity (Wildman–Crippen MR) is 120 cm³/mol. The fourth-order valence-electron chi connectivity index (χ4n) is 3.11. The maximum atomic E-state index is 11.5. The maximum Gasteiger partial charge on any atom is 0.337 e. The van der Waals surface area contributed by atoms with E-state index in [1.54, 1.807) is 12.1 Å². The maximum absolute atomic E-state index is 11.5. The second-order valence-electron chi connectivity index (χ2n) is 6.71. The van der Waals surface area contributed by atoms with Gasteiger partial charge in [-0.3, -0.25) is 0 Å². The highest BCUT2D eigenvalue weighted by Gasteiger charge is 2.03. The Balaban J connectivity index is 1.75. The van der Waals surface area contributed by atoms with Crippen LogP contribution in [0.3, 0.4) is 0 Å². The molecular weight excluding hydrogens is 356 g/mol. The van der Waals surface area contributed by atoms with Gasteiger partial charge in [0.25, 0.3) is 0 Å². The summed E-state index contributed by atoms with van der Waals surface area (Å²) in [6.07, 6.45) is 6.16. The van der Waals surface area contributed by atoms with Crippen LogP contribution in [0.1, 0.15) is 40.4 Å². The van der Waals surface area contributed by atoms with Crippen molar-refractivity contribution in [3.8, 4) is 23.0 Å². The topological polar surface area (TPSA) is 26.3 Å². The molecule has 0 aliphatic rings. The Labute approximate surface area is 172 Å². The highest BCUT2D eigenvalue weighted by atomic mass is 16.5. The van der Waals surface area contributed by atoms with Crippen LogP contribution in [-0.2, 0) is 11.2 Å². The Morgan fingerprint density at radius 3 is 2.38 bits per heavy atom. The van der Waals surface area contributed by atoms with Gasteiger partial charge in [0.15, 0.2) is 0 Å². The lowest BCUT2D eigenvalue weighted by molar-refractivity contribution is 0.0600. The van der Waals surface area contributed by atoms with Gasteiger partial charge in [0, 0.05) is 5.56 Å². The van der Waals surface area contributed by atoms with Gasteiger partial charge in [0.2, 0.25) is 0 Å². The van der Waals surface area contributed by atoms with Crippen LogP contribution in [0.4, 0.5) is 0 Å². The normalized spacial score (nSPS) is 10.4. The number of carbonyl (C=O) groups excluding carboxylic acids is 1. The predicted octanol–water partition coefficient (Wildman–Crippen LogP) is 6.16. The van der Waals surface area contributed by atoms with E-state index in [1.807, 2.05) is 30.4 Å². The highest BCUT2D eigenvalue weighted by Crippen LogP contribution is 2.25. The summed E-state index contributed by atoms with van der Waals surface area (Å²) in [5.41, 5.74) is 6.27. The zero-order valence-corrected chi connectivity index (χ0v) is 16.8. The van der Waals surface area contributed by atoms with Crippen LogP contribution < -0.4 is 0 Å². The average Bonchev–Trinajstić information content (AvgIpc) is 2.78. The first kappa shape index (κ1) is 20.2. The van der Waals surface area contributed by atoms with Crippen LogP contribution in [0.5, 0.6) is 0 Å². The summed E-state index contributed by atoms with van der Waals surface area (Å²) in [4.78, 5) is 11.5. The molecule has 0 saturated heterocycles. The standard InChI is InChI=1S/C27H24O2/c1-3-8-21-13-17-24(18-14-21)26-12-7-6-11-23(26)10-5-4-9-22-15-19-25(20-16-22)27(28)29-2/h5-7,10-20H,3,8H2,1-2H3/b10-5+. The molecule has 0 amide bonds. The molecule has 0 aliphatic heterocycles. The zero-order chi connectivity index (χ0) is 20.5. The Kier molecular flexibility index (Phi) is 7.03. The summed E-state index contributed by atoms with van der Waals surface area (Å²) >= 11 is 0. The second kappa shape index (κ2) is 10.1. The SMILES string of the molecule is CCCc1ccc(-c2ccccc2/C=C/C#Cc2ccc(C(=O)OC)cc2)cc1. The number of aryl methyl sites for hydroxylation is 1. The monoisotopic (exact) mass is 380 g/mol. The summed E-state index contributed by atoms with van der Waals surface area (Å²) in [5.74, 6) is 5.82. The molecule has 0 unspecified atom stereocenters. The van der Waals surface area contributed by atoms with E-state index < -0.39 is 0 Å². The van der Waals surface area contributed by atoms with Crippen LogP contribution in [0.2, 0.25) is 0 Å². The number of benzene rings is 3. The number of rotatable bonds is 5. The van der Waals surface area contributed by atoms with Crippen LogP contribution in [0.25, 0.3) is 17.2 Å². The minimum atomic E-state index is -0.344. The fourth-order valence-corrected chi connectivity index (χ4v) is 3.11. The summed E-state index contributed by atoms with van der Waals surface area (Å²) in [6.45, 7) is 2.20. The molecule has 29 heavy (non-hydrogen) atoms. The summed E-state index contributed by atoms with van der Waals surface area (Å²) in [7, 11) is 1.37. The lowest BCUT2D eigenvalue weighted by Gasteiger charge is -2.07. The lowest BCUT2D eigenvalue weighted by atomic mass is 9.97. The van der Waals surface area contributed by atoms with Crippen molar-refractivity contribution in [3.05, 3.63) is 101 Å². The van der Waals surface area contributed by atoms with Gasteiger partial charge in [0.05, 0.1) is 12.7 Å². The minimum Gasteiger partial charge on any atom is -0.465 e. The van der Waals surface area contributed by atoms with Gasteiger partial charge in [-0.15, -0.1) is 0 Å². The summed E-state index contributed by atoms with van der Waals surface area (Å²) in [6, 6.07) is 24.2. The van der Waals surface area contributed by atoms with Crippen LogP contribution in [0, 0.1) is 11.8 Å². The number of hydrogen-bond donors (Lipinski definition) is 0. The molecule has 0 heterocycles. The van der Waals surface area contributed by atoms with Crippen molar-refractivity contribution in [1.82, 2.24) is 0 Å². The zero-order valence-electron chi connectivity index (χ0n) is 16.8. The molecule has 0 aliphatic carbocycles. The van der Waals surface area contributed by atoms with Crippen molar-refractivity contribution in [2.45, 2.75) is 19.8 Å². The number of carbonyl (C=O) groups is 1. The third-order valence-electron chi connectivity index (χ3n) is 4.63. The van der Waals surface area contributed by atoms with E-state index in [2.05, 4.69) is 61.2 Å². The van der Waals surface area contributed by atoms with Gasteiger partial charge in [-0.1, -0.05) is 73.7 Å². The molecule has 0 radical (unpaired) electrons. The lowest BCUT2D eigenvalue weighted by Crippen LogP contribution is -2.00. The minimum absolute atomic E-state index is 0.344. The molecule has 3 aromatic rings. The van der Waals surface area contributed by atoms with Gasteiger partial charge in [-0.2, -0.15) is 0 Å². The molecule has 0 saturated carbocycles.